The van der Waals surface area contributed by atoms with Gasteiger partial charge in [-0.15, -0.1) is 0 Å². The van der Waals surface area contributed by atoms with E-state index in [4.69, 9.17) is 11.6 Å². The van der Waals surface area contributed by atoms with Crippen LogP contribution in [0.3, 0.4) is 0 Å². The Hall–Kier alpha value is -3.31. The van der Waals surface area contributed by atoms with Gasteiger partial charge in [0.25, 0.3) is 6.43 Å². The van der Waals surface area contributed by atoms with E-state index in [2.05, 4.69) is 20.6 Å². The van der Waals surface area contributed by atoms with Crippen LogP contribution >= 0.6 is 0 Å². The number of aromatic nitrogens is 2. The van der Waals surface area contributed by atoms with E-state index in [1.165, 1.54) is 17.4 Å². The monoisotopic (exact) mass is 419 g/mol. The van der Waals surface area contributed by atoms with E-state index in [1.807, 2.05) is 13.0 Å². The van der Waals surface area contributed by atoms with Crippen LogP contribution in [0.15, 0.2) is 36.7 Å². The zero-order chi connectivity index (χ0) is 21.9. The Morgan fingerprint density at radius 3 is 2.90 bits per heavy atom. The molecule has 1 aliphatic heterocycles. The van der Waals surface area contributed by atoms with Crippen molar-refractivity contribution in [2.24, 2.45) is 11.6 Å². The van der Waals surface area contributed by atoms with Gasteiger partial charge in [0.15, 0.2) is 0 Å². The number of hydrogen-bond acceptors (Lipinski definition) is 8. The Balaban J connectivity index is 1.76. The molecule has 2 aromatic rings. The Morgan fingerprint density at radius 1 is 1.47 bits per heavy atom. The molecule has 1 amide bonds. The summed E-state index contributed by atoms with van der Waals surface area (Å²) in [5, 5.41) is 17.0. The summed E-state index contributed by atoms with van der Waals surface area (Å²) in [6.45, 7) is 1.97. The van der Waals surface area contributed by atoms with Crippen molar-refractivity contribution in [2.75, 3.05) is 18.4 Å². The van der Waals surface area contributed by atoms with Gasteiger partial charge in [0, 0.05) is 30.2 Å². The van der Waals surface area contributed by atoms with Gasteiger partial charge >= 0.3 is 0 Å². The van der Waals surface area contributed by atoms with Crippen molar-refractivity contribution < 1.29 is 18.7 Å². The maximum absolute atomic E-state index is 12.8. The lowest BCUT2D eigenvalue weighted by molar-refractivity contribution is -0.120. The fourth-order valence-electron chi connectivity index (χ4n) is 3.14. The third-order valence-electron chi connectivity index (χ3n) is 4.45. The number of carbonyl (C=O) groups excluding carboxylic acids is 1. The Bertz CT molecular complexity index is 970. The summed E-state index contributed by atoms with van der Waals surface area (Å²) in [6, 6.07) is 6.44. The highest BCUT2D eigenvalue weighted by atomic mass is 19.3. The molecule has 1 fully saturated rings. The highest BCUT2D eigenvalue weighted by Crippen LogP contribution is 2.23. The SMILES string of the molecule is Cc1cc(Nc2nccc(C(F)F)n2)cc(/C(N)=C/N(N)CC2(O)CNC(=O)C2)c1. The normalized spacial score (nSPS) is 19.1. The number of aliphatic hydroxyl groups is 1. The molecular weight excluding hydrogens is 396 g/mol. The molecule has 0 saturated carbocycles. The third kappa shape index (κ3) is 5.39. The number of hydrazine groups is 1. The number of benzene rings is 1. The van der Waals surface area contributed by atoms with Crippen LogP contribution in [-0.2, 0) is 4.79 Å². The fourth-order valence-corrected chi connectivity index (χ4v) is 3.14. The second-order valence-electron chi connectivity index (χ2n) is 7.25. The molecule has 2 heterocycles. The van der Waals surface area contributed by atoms with Crippen molar-refractivity contribution in [2.45, 2.75) is 25.4 Å². The first-order valence-corrected chi connectivity index (χ1v) is 9.11. The minimum Gasteiger partial charge on any atom is -0.397 e. The number of nitrogens with two attached hydrogens (primary N) is 2. The van der Waals surface area contributed by atoms with Crippen LogP contribution in [-0.4, -0.2) is 44.7 Å². The molecule has 1 atom stereocenters. The van der Waals surface area contributed by atoms with E-state index in [0.717, 1.165) is 11.6 Å². The first-order chi connectivity index (χ1) is 14.1. The maximum atomic E-state index is 12.8. The number of anilines is 2. The van der Waals surface area contributed by atoms with Crippen LogP contribution in [0.4, 0.5) is 20.4 Å². The van der Waals surface area contributed by atoms with E-state index < -0.39 is 12.0 Å². The predicted molar refractivity (Wildman–Crippen MR) is 107 cm³/mol. The molecule has 30 heavy (non-hydrogen) atoms. The molecular formula is C19H23F2N7O2. The standard InChI is InChI=1S/C19H23F2N7O2/c1-11-4-12(14(22)8-28(23)10-19(30)7-16(29)25-9-19)6-13(5-11)26-18-24-3-2-15(27-18)17(20)21/h2-6,8,17,30H,7,9-10,22-23H2,1H3,(H,25,29)(H,24,26,27)/b14-8-. The summed E-state index contributed by atoms with van der Waals surface area (Å²) in [7, 11) is 0. The fraction of sp³-hybridized carbons (Fsp3) is 0.316. The quantitative estimate of drug-likeness (QED) is 0.332. The van der Waals surface area contributed by atoms with Crippen LogP contribution in [0.25, 0.3) is 5.70 Å². The number of amides is 1. The first kappa shape index (κ1) is 21.4. The summed E-state index contributed by atoms with van der Waals surface area (Å²) >= 11 is 0. The second-order valence-corrected chi connectivity index (χ2v) is 7.25. The molecule has 0 radical (unpaired) electrons. The van der Waals surface area contributed by atoms with Gasteiger partial charge in [-0.3, -0.25) is 4.79 Å². The van der Waals surface area contributed by atoms with Crippen molar-refractivity contribution >= 4 is 23.2 Å². The number of hydrogen-bond donors (Lipinski definition) is 5. The molecule has 0 spiro atoms. The summed E-state index contributed by atoms with van der Waals surface area (Å²) in [5.74, 6) is 5.73. The minimum absolute atomic E-state index is 0.0115. The zero-order valence-corrected chi connectivity index (χ0v) is 16.3. The van der Waals surface area contributed by atoms with Crippen LogP contribution in [0, 0.1) is 6.92 Å². The zero-order valence-electron chi connectivity index (χ0n) is 16.3. The van der Waals surface area contributed by atoms with Gasteiger partial charge in [-0.1, -0.05) is 0 Å². The highest BCUT2D eigenvalue weighted by molar-refractivity contribution is 5.79. The largest absolute Gasteiger partial charge is 0.397 e. The smallest absolute Gasteiger partial charge is 0.280 e. The summed E-state index contributed by atoms with van der Waals surface area (Å²) < 4.78 is 25.7. The molecule has 1 unspecified atom stereocenters. The van der Waals surface area contributed by atoms with E-state index in [9.17, 15) is 18.7 Å². The summed E-state index contributed by atoms with van der Waals surface area (Å²) in [6.07, 6.45) is -0.0322. The third-order valence-corrected chi connectivity index (χ3v) is 4.45. The summed E-state index contributed by atoms with van der Waals surface area (Å²) in [4.78, 5) is 19.1. The molecule has 0 aliphatic carbocycles. The average Bonchev–Trinajstić information content (AvgIpc) is 2.99. The molecule has 160 valence electrons. The predicted octanol–water partition coefficient (Wildman–Crippen LogP) is 1.15. The van der Waals surface area contributed by atoms with Crippen LogP contribution < -0.4 is 22.2 Å². The molecule has 0 bridgehead atoms. The molecule has 3 rings (SSSR count). The van der Waals surface area contributed by atoms with E-state index in [1.54, 1.807) is 12.1 Å². The van der Waals surface area contributed by atoms with Gasteiger partial charge in [-0.05, 0) is 36.8 Å². The number of carbonyl (C=O) groups is 1. The number of aryl methyl sites for hydroxylation is 1. The molecule has 1 aliphatic rings. The Morgan fingerprint density at radius 2 is 2.23 bits per heavy atom. The topological polar surface area (TPSA) is 142 Å². The van der Waals surface area contributed by atoms with Gasteiger partial charge in [-0.25, -0.2) is 24.6 Å². The maximum Gasteiger partial charge on any atom is 0.280 e. The number of nitrogens with one attached hydrogen (secondary N) is 2. The van der Waals surface area contributed by atoms with Crippen molar-refractivity contribution in [1.29, 1.82) is 0 Å². The Labute approximate surface area is 171 Å². The molecule has 11 heteroatoms. The van der Waals surface area contributed by atoms with Crippen LogP contribution in [0.5, 0.6) is 0 Å². The molecule has 1 aromatic heterocycles. The van der Waals surface area contributed by atoms with Gasteiger partial charge in [0.2, 0.25) is 11.9 Å². The highest BCUT2D eigenvalue weighted by Gasteiger charge is 2.37. The number of alkyl halides is 2. The van der Waals surface area contributed by atoms with Gasteiger partial charge in [-0.2, -0.15) is 0 Å². The molecule has 1 aromatic carbocycles. The summed E-state index contributed by atoms with van der Waals surface area (Å²) in [5.41, 5.74) is 6.84. The van der Waals surface area contributed by atoms with Crippen molar-refractivity contribution in [3.8, 4) is 0 Å². The number of β-amino-alcohol motifs (C(OH)–C–C–N with tert-alkyl or cyclic N) is 1. The molecule has 9 nitrogen and oxygen atoms in total. The van der Waals surface area contributed by atoms with E-state index >= 15 is 0 Å². The Kier molecular flexibility index (Phi) is 6.13. The molecule has 7 N–H and O–H groups in total. The first-order valence-electron chi connectivity index (χ1n) is 9.11. The van der Waals surface area contributed by atoms with Gasteiger partial charge in [0.1, 0.15) is 11.3 Å². The van der Waals surface area contributed by atoms with Crippen molar-refractivity contribution in [1.82, 2.24) is 20.3 Å². The lowest BCUT2D eigenvalue weighted by Crippen LogP contribution is -2.45. The van der Waals surface area contributed by atoms with Crippen molar-refractivity contribution in [3.05, 3.63) is 53.5 Å². The van der Waals surface area contributed by atoms with E-state index in [-0.39, 0.29) is 37.1 Å². The van der Waals surface area contributed by atoms with Crippen LogP contribution in [0.2, 0.25) is 0 Å². The average molecular weight is 419 g/mol. The minimum atomic E-state index is -2.70. The number of nitrogens with zero attached hydrogens (tertiary/aromatic N) is 3. The lowest BCUT2D eigenvalue weighted by Gasteiger charge is -2.26. The van der Waals surface area contributed by atoms with E-state index in [0.29, 0.717) is 16.9 Å². The lowest BCUT2D eigenvalue weighted by atomic mass is 10.0. The van der Waals surface area contributed by atoms with Crippen LogP contribution in [0.1, 0.15) is 29.7 Å². The van der Waals surface area contributed by atoms with Gasteiger partial charge < -0.3 is 26.5 Å². The van der Waals surface area contributed by atoms with Gasteiger partial charge in [0.05, 0.1) is 18.7 Å². The second kappa shape index (κ2) is 8.59. The molecule has 1 saturated heterocycles. The van der Waals surface area contributed by atoms with Crippen molar-refractivity contribution in [3.63, 3.8) is 0 Å². The number of halogens is 2. The number of rotatable bonds is 7.